The zero-order chi connectivity index (χ0) is 26.2. The van der Waals surface area contributed by atoms with E-state index in [1.165, 1.54) is 5.69 Å². The number of hydrogen-bond donors (Lipinski definition) is 2. The van der Waals surface area contributed by atoms with Gasteiger partial charge >= 0.3 is 0 Å². The Morgan fingerprint density at radius 1 is 0.778 bits per heavy atom. The minimum atomic E-state index is -3.25. The summed E-state index contributed by atoms with van der Waals surface area (Å²) in [6.45, 7) is 10.3. The van der Waals surface area contributed by atoms with Crippen LogP contribution in [0.4, 0.5) is 17.1 Å². The third-order valence-corrected chi connectivity index (χ3v) is 8.72. The molecule has 1 fully saturated rings. The molecule has 0 amide bonds. The molecule has 0 bridgehead atoms. The number of unbranched alkanes of at least 4 members (excludes halogenated alkanes) is 2. The first-order valence-corrected chi connectivity index (χ1v) is 14.2. The Labute approximate surface area is 217 Å². The van der Waals surface area contributed by atoms with E-state index < -0.39 is 14.8 Å². The van der Waals surface area contributed by atoms with Crippen molar-refractivity contribution < 1.29 is 17.9 Å². The summed E-state index contributed by atoms with van der Waals surface area (Å²) in [7, 11) is 0.0679. The maximum atomic E-state index is 12.1. The highest BCUT2D eigenvalue weighted by molar-refractivity contribution is 7.90. The average Bonchev–Trinajstić information content (AvgIpc) is 2.87. The Morgan fingerprint density at radius 3 is 1.92 bits per heavy atom. The van der Waals surface area contributed by atoms with E-state index in [1.807, 2.05) is 12.1 Å². The summed E-state index contributed by atoms with van der Waals surface area (Å²) in [5, 5.41) is 3.47. The lowest BCUT2D eigenvalue weighted by molar-refractivity contribution is 0.355. The van der Waals surface area contributed by atoms with Gasteiger partial charge in [-0.15, -0.1) is 0 Å². The van der Waals surface area contributed by atoms with Gasteiger partial charge in [-0.2, -0.15) is 0 Å². The smallest absolute Gasteiger partial charge is 0.216 e. The zero-order valence-corrected chi connectivity index (χ0v) is 23.2. The van der Waals surface area contributed by atoms with Crippen molar-refractivity contribution in [1.82, 2.24) is 4.72 Å². The third-order valence-electron chi connectivity index (χ3n) is 6.53. The highest BCUT2D eigenvalue weighted by Gasteiger charge is 2.28. The molecule has 8 nitrogen and oxygen atoms in total. The van der Waals surface area contributed by atoms with Crippen molar-refractivity contribution in [2.24, 2.45) is 0 Å². The molecule has 200 valence electrons. The van der Waals surface area contributed by atoms with E-state index in [9.17, 15) is 8.42 Å². The van der Waals surface area contributed by atoms with Gasteiger partial charge in [0.25, 0.3) is 0 Å². The van der Waals surface area contributed by atoms with Crippen LogP contribution in [0.5, 0.6) is 11.5 Å². The first-order chi connectivity index (χ1) is 17.1. The van der Waals surface area contributed by atoms with Crippen LogP contribution in [0.1, 0.15) is 40.0 Å². The van der Waals surface area contributed by atoms with E-state index in [4.69, 9.17) is 9.47 Å². The molecule has 2 N–H and O–H groups in total. The van der Waals surface area contributed by atoms with E-state index in [0.717, 1.165) is 74.9 Å². The fourth-order valence-electron chi connectivity index (χ4n) is 4.12. The topological polar surface area (TPSA) is 83.1 Å². The molecule has 2 aromatic carbocycles. The first kappa shape index (κ1) is 27.9. The summed E-state index contributed by atoms with van der Waals surface area (Å²) in [6.07, 6.45) is 2.81. The standard InChI is InChI=1S/C27H42N4O4S/c1-27(2,3)36(32,33)29-16-8-6-7-15-28-22-9-11-23(12-10-22)30-17-19-31(20-18-30)24-13-14-25(34-4)26(21-24)35-5/h9-14,21,28-29H,6-8,15-20H2,1-5H3. The summed E-state index contributed by atoms with van der Waals surface area (Å²) in [4.78, 5) is 4.79. The van der Waals surface area contributed by atoms with Gasteiger partial charge in [-0.1, -0.05) is 6.42 Å². The SMILES string of the molecule is COc1ccc(N2CCN(c3ccc(NCCCCCNS(=O)(=O)C(C)(C)C)cc3)CC2)cc1OC. The van der Waals surface area contributed by atoms with Gasteiger partial charge in [0.15, 0.2) is 11.5 Å². The summed E-state index contributed by atoms with van der Waals surface area (Å²) >= 11 is 0. The highest BCUT2D eigenvalue weighted by atomic mass is 32.2. The minimum absolute atomic E-state index is 0.494. The van der Waals surface area contributed by atoms with Crippen molar-refractivity contribution in [2.75, 3.05) is 68.6 Å². The number of piperazine rings is 1. The summed E-state index contributed by atoms with van der Waals surface area (Å²) < 4.78 is 36.9. The Morgan fingerprint density at radius 2 is 1.33 bits per heavy atom. The third kappa shape index (κ3) is 7.43. The second-order valence-corrected chi connectivity index (χ2v) is 12.6. The van der Waals surface area contributed by atoms with Gasteiger partial charge in [0, 0.05) is 62.4 Å². The Kier molecular flexibility index (Phi) is 9.73. The van der Waals surface area contributed by atoms with E-state index in [1.54, 1.807) is 35.0 Å². The van der Waals surface area contributed by atoms with Gasteiger partial charge in [0.2, 0.25) is 10.0 Å². The number of ether oxygens (including phenoxy) is 2. The molecule has 0 unspecified atom stereocenters. The lowest BCUT2D eigenvalue weighted by atomic mass is 10.2. The molecule has 36 heavy (non-hydrogen) atoms. The minimum Gasteiger partial charge on any atom is -0.493 e. The molecule has 0 aliphatic carbocycles. The molecular weight excluding hydrogens is 476 g/mol. The number of nitrogens with one attached hydrogen (secondary N) is 2. The number of nitrogens with zero attached hydrogens (tertiary/aromatic N) is 2. The van der Waals surface area contributed by atoms with Gasteiger partial charge in [0.05, 0.1) is 19.0 Å². The molecule has 0 atom stereocenters. The van der Waals surface area contributed by atoms with Crippen LogP contribution in [0, 0.1) is 0 Å². The van der Waals surface area contributed by atoms with Gasteiger partial charge in [-0.3, -0.25) is 0 Å². The molecule has 9 heteroatoms. The molecule has 3 rings (SSSR count). The predicted molar refractivity (Wildman–Crippen MR) is 149 cm³/mol. The summed E-state index contributed by atoms with van der Waals surface area (Å²) in [5.41, 5.74) is 3.49. The van der Waals surface area contributed by atoms with Crippen LogP contribution >= 0.6 is 0 Å². The molecule has 0 radical (unpaired) electrons. The van der Waals surface area contributed by atoms with E-state index in [0.29, 0.717) is 6.54 Å². The Hall–Kier alpha value is -2.65. The van der Waals surface area contributed by atoms with Crippen LogP contribution in [0.15, 0.2) is 42.5 Å². The molecule has 1 aliphatic heterocycles. The fourth-order valence-corrected chi connectivity index (χ4v) is 4.96. The number of hydrogen-bond acceptors (Lipinski definition) is 7. The Bertz CT molecular complexity index is 1060. The van der Waals surface area contributed by atoms with Crippen molar-refractivity contribution in [3.63, 3.8) is 0 Å². The van der Waals surface area contributed by atoms with E-state index in [-0.39, 0.29) is 0 Å². The molecule has 0 aromatic heterocycles. The maximum Gasteiger partial charge on any atom is 0.216 e. The normalized spacial score (nSPS) is 14.6. The second kappa shape index (κ2) is 12.5. The number of anilines is 3. The predicted octanol–water partition coefficient (Wildman–Crippen LogP) is 4.33. The van der Waals surface area contributed by atoms with Crippen LogP contribution in [0.3, 0.4) is 0 Å². The van der Waals surface area contributed by atoms with Crippen molar-refractivity contribution in [3.05, 3.63) is 42.5 Å². The van der Waals surface area contributed by atoms with Crippen molar-refractivity contribution in [2.45, 2.75) is 44.8 Å². The maximum absolute atomic E-state index is 12.1. The first-order valence-electron chi connectivity index (χ1n) is 12.7. The van der Waals surface area contributed by atoms with Crippen LogP contribution < -0.4 is 29.3 Å². The second-order valence-electron chi connectivity index (χ2n) is 10.1. The lowest BCUT2D eigenvalue weighted by Gasteiger charge is -2.37. The van der Waals surface area contributed by atoms with E-state index >= 15 is 0 Å². The van der Waals surface area contributed by atoms with Gasteiger partial charge in [-0.05, 0) is 70.0 Å². The largest absolute Gasteiger partial charge is 0.493 e. The molecule has 0 spiro atoms. The molecule has 1 saturated heterocycles. The van der Waals surface area contributed by atoms with Crippen LogP contribution in [-0.4, -0.2) is 66.7 Å². The molecule has 0 saturated carbocycles. The van der Waals surface area contributed by atoms with Crippen molar-refractivity contribution in [1.29, 1.82) is 0 Å². The van der Waals surface area contributed by atoms with Gasteiger partial charge in [0.1, 0.15) is 0 Å². The molecule has 1 heterocycles. The van der Waals surface area contributed by atoms with Crippen molar-refractivity contribution in [3.8, 4) is 11.5 Å². The van der Waals surface area contributed by atoms with E-state index in [2.05, 4.69) is 50.2 Å². The zero-order valence-electron chi connectivity index (χ0n) is 22.3. The number of sulfonamides is 1. The quantitative estimate of drug-likeness (QED) is 0.405. The van der Waals surface area contributed by atoms with Gasteiger partial charge in [-0.25, -0.2) is 13.1 Å². The number of rotatable bonds is 12. The summed E-state index contributed by atoms with van der Waals surface area (Å²) in [6, 6.07) is 14.7. The highest BCUT2D eigenvalue weighted by Crippen LogP contribution is 2.32. The number of benzene rings is 2. The van der Waals surface area contributed by atoms with Crippen LogP contribution in [0.2, 0.25) is 0 Å². The fraction of sp³-hybridized carbons (Fsp3) is 0.556. The average molecular weight is 519 g/mol. The number of methoxy groups -OCH3 is 2. The molecular formula is C27H42N4O4S. The Balaban J connectivity index is 1.37. The van der Waals surface area contributed by atoms with Crippen molar-refractivity contribution >= 4 is 27.1 Å². The summed E-state index contributed by atoms with van der Waals surface area (Å²) in [5.74, 6) is 1.50. The monoisotopic (exact) mass is 518 g/mol. The van der Waals surface area contributed by atoms with Crippen LogP contribution in [-0.2, 0) is 10.0 Å². The molecule has 1 aliphatic rings. The van der Waals surface area contributed by atoms with Gasteiger partial charge < -0.3 is 24.6 Å². The lowest BCUT2D eigenvalue weighted by Crippen LogP contribution is -2.46. The molecule has 2 aromatic rings. The van der Waals surface area contributed by atoms with Crippen LogP contribution in [0.25, 0.3) is 0 Å².